The van der Waals surface area contributed by atoms with Gasteiger partial charge in [0.1, 0.15) is 24.4 Å². The molecule has 11 nitrogen and oxygen atoms in total. The molecule has 6 heterocycles. The molecule has 0 saturated carbocycles. The van der Waals surface area contributed by atoms with Gasteiger partial charge in [0.25, 0.3) is 0 Å². The monoisotopic (exact) mass is 806 g/mol. The number of carboxylic acid groups (broad SMARTS) is 1. The zero-order valence-corrected chi connectivity index (χ0v) is 34.5. The third kappa shape index (κ3) is 13.6. The van der Waals surface area contributed by atoms with E-state index in [-0.39, 0.29) is 67.2 Å². The summed E-state index contributed by atoms with van der Waals surface area (Å²) in [7, 11) is 0. The van der Waals surface area contributed by atoms with Crippen molar-refractivity contribution in [3.05, 3.63) is 96.7 Å². The largest absolute Gasteiger partial charge is 0.481 e. The molecule has 6 aliphatic heterocycles. The maximum Gasteiger partial charge on any atom is 0.331 e. The average molecular weight is 807 g/mol. The molecular formula is C47H66O11. The molecule has 320 valence electrons. The summed E-state index contributed by atoms with van der Waals surface area (Å²) < 4.78 is 31.5. The molecule has 0 aromatic rings. The molecule has 0 aromatic heterocycles. The van der Waals surface area contributed by atoms with E-state index in [4.69, 9.17) is 28.8 Å². The van der Waals surface area contributed by atoms with E-state index in [0.717, 1.165) is 31.3 Å². The van der Waals surface area contributed by atoms with Crippen LogP contribution in [-0.2, 0) is 33.3 Å². The lowest BCUT2D eigenvalue weighted by Gasteiger charge is -2.40. The molecule has 58 heavy (non-hydrogen) atoms. The van der Waals surface area contributed by atoms with Gasteiger partial charge in [-0.05, 0) is 63.0 Å². The highest BCUT2D eigenvalue weighted by Gasteiger charge is 2.45. The van der Waals surface area contributed by atoms with Crippen molar-refractivity contribution in [2.45, 2.75) is 165 Å². The van der Waals surface area contributed by atoms with E-state index in [9.17, 15) is 24.9 Å². The highest BCUT2D eigenvalue weighted by molar-refractivity contribution is 5.82. The Morgan fingerprint density at radius 1 is 0.759 bits per heavy atom. The summed E-state index contributed by atoms with van der Waals surface area (Å²) in [5.41, 5.74) is 0.945. The zero-order chi connectivity index (χ0) is 41.6. The number of allylic oxidation sites excluding steroid dienone is 7. The van der Waals surface area contributed by atoms with Crippen molar-refractivity contribution in [1.29, 1.82) is 0 Å². The Labute approximate surface area is 344 Å². The van der Waals surface area contributed by atoms with Crippen LogP contribution in [0.4, 0.5) is 0 Å². The molecule has 11 heteroatoms. The normalized spacial score (nSPS) is 41.7. The number of aliphatic carboxylic acids is 1. The molecule has 0 aromatic carbocycles. The van der Waals surface area contributed by atoms with Crippen LogP contribution in [0.2, 0.25) is 0 Å². The summed E-state index contributed by atoms with van der Waals surface area (Å²) in [5.74, 6) is -1.09. The first kappa shape index (κ1) is 45.7. The van der Waals surface area contributed by atoms with Crippen molar-refractivity contribution in [2.24, 2.45) is 17.8 Å². The summed E-state index contributed by atoms with van der Waals surface area (Å²) in [6, 6.07) is 0. The van der Waals surface area contributed by atoms with Crippen molar-refractivity contribution < 1.29 is 53.7 Å². The zero-order valence-electron chi connectivity index (χ0n) is 34.5. The number of fused-ring (bicyclic) bond motifs is 13. The molecule has 3 saturated heterocycles. The van der Waals surface area contributed by atoms with Gasteiger partial charge in [0.15, 0.2) is 6.10 Å². The maximum absolute atomic E-state index is 13.0. The number of carboxylic acids is 1. The van der Waals surface area contributed by atoms with Gasteiger partial charge >= 0.3 is 11.9 Å². The number of unbranched alkanes of at least 4 members (excludes halogenated alkanes) is 1. The van der Waals surface area contributed by atoms with Gasteiger partial charge in [-0.2, -0.15) is 0 Å². The van der Waals surface area contributed by atoms with Crippen molar-refractivity contribution in [2.75, 3.05) is 0 Å². The van der Waals surface area contributed by atoms with Gasteiger partial charge in [-0.3, -0.25) is 4.79 Å². The van der Waals surface area contributed by atoms with Crippen LogP contribution in [0.15, 0.2) is 96.7 Å². The van der Waals surface area contributed by atoms with E-state index < -0.39 is 48.6 Å². The van der Waals surface area contributed by atoms with Gasteiger partial charge in [0, 0.05) is 37.2 Å². The Morgan fingerprint density at radius 2 is 1.53 bits per heavy atom. The van der Waals surface area contributed by atoms with Crippen LogP contribution in [0.5, 0.6) is 0 Å². The minimum absolute atomic E-state index is 0.0508. The molecule has 15 atom stereocenters. The van der Waals surface area contributed by atoms with Crippen LogP contribution in [0.1, 0.15) is 91.9 Å². The summed E-state index contributed by atoms with van der Waals surface area (Å²) >= 11 is 0. The summed E-state index contributed by atoms with van der Waals surface area (Å²) in [6.45, 7) is 8.15. The van der Waals surface area contributed by atoms with Crippen LogP contribution in [0.3, 0.4) is 0 Å². The van der Waals surface area contributed by atoms with Gasteiger partial charge in [0.05, 0.1) is 42.7 Å². The molecule has 6 aliphatic rings. The fourth-order valence-electron chi connectivity index (χ4n) is 8.38. The summed E-state index contributed by atoms with van der Waals surface area (Å²) in [4.78, 5) is 23.9. The Hall–Kier alpha value is -3.42. The van der Waals surface area contributed by atoms with Gasteiger partial charge in [-0.1, -0.05) is 106 Å². The number of ether oxygens (including phenoxy) is 5. The number of aliphatic hydroxyl groups excluding tert-OH is 3. The first-order valence-electron chi connectivity index (χ1n) is 21.3. The third-order valence-corrected chi connectivity index (χ3v) is 12.0. The topological polar surface area (TPSA) is 161 Å². The molecule has 0 aliphatic carbocycles. The second kappa shape index (κ2) is 22.8. The number of hydrogen-bond acceptors (Lipinski definition) is 10. The van der Waals surface area contributed by atoms with E-state index in [2.05, 4.69) is 32.1 Å². The quantitative estimate of drug-likeness (QED) is 0.122. The van der Waals surface area contributed by atoms with Crippen LogP contribution in [0.25, 0.3) is 0 Å². The second-order valence-electron chi connectivity index (χ2n) is 16.6. The van der Waals surface area contributed by atoms with E-state index in [1.54, 1.807) is 18.2 Å². The molecule has 7 bridgehead atoms. The smallest absolute Gasteiger partial charge is 0.331 e. The van der Waals surface area contributed by atoms with Crippen molar-refractivity contribution >= 4 is 11.9 Å². The maximum atomic E-state index is 13.0. The number of esters is 1. The van der Waals surface area contributed by atoms with Crippen LogP contribution >= 0.6 is 0 Å². The lowest BCUT2D eigenvalue weighted by atomic mass is 9.85. The average Bonchev–Trinajstić information content (AvgIpc) is 3.54. The minimum Gasteiger partial charge on any atom is -0.481 e. The van der Waals surface area contributed by atoms with E-state index in [1.807, 2.05) is 62.5 Å². The molecule has 4 N–H and O–H groups in total. The van der Waals surface area contributed by atoms with Crippen LogP contribution in [-0.4, -0.2) is 106 Å². The fraction of sp³-hybridized carbons (Fsp3) is 0.617. The SMILES string of the molecule is C/C(=C\[C@H](C)CCCCC(=O)O)C1OC2C=CC1OC(=O)\C=C/C=C\C=C\[C@H]1OC3CC1O[C@@H](/C=C/C[C@H]1O[C@H](C[C@H](O)[C@H]1C)[C@@H](O)[C@@H](O)/C=C/CC/C=C/C2)C3C. The fourth-order valence-corrected chi connectivity index (χ4v) is 8.38. The Morgan fingerprint density at radius 3 is 2.34 bits per heavy atom. The second-order valence-corrected chi connectivity index (χ2v) is 16.6. The van der Waals surface area contributed by atoms with Crippen molar-refractivity contribution in [1.82, 2.24) is 0 Å². The summed E-state index contributed by atoms with van der Waals surface area (Å²) in [5, 5.41) is 41.7. The highest BCUT2D eigenvalue weighted by atomic mass is 16.6. The van der Waals surface area contributed by atoms with Crippen molar-refractivity contribution in [3.8, 4) is 0 Å². The Kier molecular flexibility index (Phi) is 18.0. The summed E-state index contributed by atoms with van der Waals surface area (Å²) in [6.07, 6.45) is 28.3. The van der Waals surface area contributed by atoms with Gasteiger partial charge in [-0.25, -0.2) is 4.79 Å². The molecular weight excluding hydrogens is 741 g/mol. The van der Waals surface area contributed by atoms with E-state index >= 15 is 0 Å². The molecule has 0 spiro atoms. The number of aliphatic hydroxyl groups is 3. The first-order chi connectivity index (χ1) is 27.9. The number of carbonyl (C=O) groups is 2. The molecule has 0 radical (unpaired) electrons. The molecule has 6 unspecified atom stereocenters. The predicted octanol–water partition coefficient (Wildman–Crippen LogP) is 6.80. The molecule has 0 amide bonds. The van der Waals surface area contributed by atoms with Gasteiger partial charge in [0.2, 0.25) is 0 Å². The minimum atomic E-state index is -1.18. The number of rotatable bonds is 7. The standard InChI is InChI=1S/C47H66O11/c1-30(17-14-15-23-44(50)51)27-31(2)47-40-26-25-34(54-47)18-10-6-5-7-11-19-35(48)46(53)43-28-36(49)32(3)37(56-43)21-16-22-38-33(4)41-29-42(55-38)39(57-41)20-12-8-9-13-24-45(52)58-40/h6,8-13,16,19-20,22,24-27,30,32-43,46-49,53H,5,7,14-15,17-18,21,23,28-29H2,1-4H3,(H,50,51)/b9-8-,10-6+,19-11+,20-12+,22-16+,24-13-,31-27+/t30-,32-,33?,34?,35+,36+,37-,38+,39-,40?,41?,42?,43-,46+,47?/m1/s1. The number of carbonyl (C=O) groups excluding carboxylic acids is 1. The molecule has 3 fully saturated rings. The highest BCUT2D eigenvalue weighted by Crippen LogP contribution is 2.38. The third-order valence-electron chi connectivity index (χ3n) is 12.0. The molecule has 6 rings (SSSR count). The van der Waals surface area contributed by atoms with Crippen LogP contribution < -0.4 is 0 Å². The van der Waals surface area contributed by atoms with Crippen molar-refractivity contribution in [3.63, 3.8) is 0 Å². The Balaban J connectivity index is 1.29. The lowest BCUT2D eigenvalue weighted by Crippen LogP contribution is -2.50. The number of hydrogen-bond donors (Lipinski definition) is 4. The van der Waals surface area contributed by atoms with Crippen LogP contribution in [0, 0.1) is 17.8 Å². The lowest BCUT2D eigenvalue weighted by molar-refractivity contribution is -0.175. The first-order valence-corrected chi connectivity index (χ1v) is 21.3. The van der Waals surface area contributed by atoms with E-state index in [1.165, 1.54) is 6.08 Å². The van der Waals surface area contributed by atoms with Gasteiger partial charge in [-0.15, -0.1) is 0 Å². The Bertz CT molecular complexity index is 1570. The predicted molar refractivity (Wildman–Crippen MR) is 222 cm³/mol. The van der Waals surface area contributed by atoms with Gasteiger partial charge < -0.3 is 44.1 Å². The van der Waals surface area contributed by atoms with E-state index in [0.29, 0.717) is 25.7 Å².